The van der Waals surface area contributed by atoms with Crippen molar-refractivity contribution in [1.29, 1.82) is 0 Å². The Balaban J connectivity index is 2.88. The van der Waals surface area contributed by atoms with Gasteiger partial charge in [0.2, 0.25) is 0 Å². The summed E-state index contributed by atoms with van der Waals surface area (Å²) in [6.45, 7) is 9.56. The van der Waals surface area contributed by atoms with E-state index >= 15 is 0 Å². The van der Waals surface area contributed by atoms with Gasteiger partial charge in [0.05, 0.1) is 8.07 Å². The minimum Gasteiger partial charge on any atom is -0.0806 e. The van der Waals surface area contributed by atoms with Crippen LogP contribution >= 0.6 is 0 Å². The van der Waals surface area contributed by atoms with Crippen molar-refractivity contribution in [2.75, 3.05) is 0 Å². The van der Waals surface area contributed by atoms with Gasteiger partial charge in [0.1, 0.15) is 0 Å². The first-order valence-corrected chi connectivity index (χ1v) is 7.94. The molecule has 0 saturated carbocycles. The van der Waals surface area contributed by atoms with Crippen molar-refractivity contribution in [3.05, 3.63) is 22.9 Å². The quantitative estimate of drug-likeness (QED) is 0.551. The second kappa shape index (κ2) is 2.98. The molecule has 0 N–H and O–H groups in total. The summed E-state index contributed by atoms with van der Waals surface area (Å²) < 4.78 is 0. The lowest BCUT2D eigenvalue weighted by atomic mass is 10.2. The molecular weight excluding hydrogens is 148 g/mol. The van der Waals surface area contributed by atoms with Crippen molar-refractivity contribution in [1.82, 2.24) is 0 Å². The molecule has 0 nitrogen and oxygen atoms in total. The molecule has 0 bridgehead atoms. The lowest BCUT2D eigenvalue weighted by molar-refractivity contribution is 1.13. The van der Waals surface area contributed by atoms with E-state index in [9.17, 15) is 0 Å². The van der Waals surface area contributed by atoms with Crippen molar-refractivity contribution < 1.29 is 0 Å². The van der Waals surface area contributed by atoms with Crippen LogP contribution in [0.15, 0.2) is 22.9 Å². The summed E-state index contributed by atoms with van der Waals surface area (Å²) in [5.74, 6) is 0. The van der Waals surface area contributed by atoms with Crippen LogP contribution < -0.4 is 0 Å². The molecule has 1 heteroatoms. The standard InChI is InChI=1S/C10H18Si/c1-5-9-7-6-8-10(9)11(2,3)4/h6-7H,5,8H2,1-4H3. The first-order valence-electron chi connectivity index (χ1n) is 4.44. The molecule has 0 atom stereocenters. The minimum atomic E-state index is -0.991. The van der Waals surface area contributed by atoms with Gasteiger partial charge in [0.25, 0.3) is 0 Å². The Labute approximate surface area is 71.0 Å². The first kappa shape index (κ1) is 8.79. The van der Waals surface area contributed by atoms with Gasteiger partial charge in [-0.2, -0.15) is 0 Å². The van der Waals surface area contributed by atoms with E-state index in [0.717, 1.165) is 0 Å². The van der Waals surface area contributed by atoms with E-state index < -0.39 is 8.07 Å². The summed E-state index contributed by atoms with van der Waals surface area (Å²) in [5.41, 5.74) is 1.61. The van der Waals surface area contributed by atoms with Gasteiger partial charge in [-0.1, -0.05) is 49.5 Å². The smallest absolute Gasteiger partial charge is 0.0732 e. The maximum absolute atomic E-state index is 2.44. The molecule has 0 radical (unpaired) electrons. The van der Waals surface area contributed by atoms with E-state index in [1.165, 1.54) is 12.8 Å². The molecule has 62 valence electrons. The fourth-order valence-electron chi connectivity index (χ4n) is 1.67. The Kier molecular flexibility index (Phi) is 2.38. The maximum Gasteiger partial charge on any atom is 0.0732 e. The predicted octanol–water partition coefficient (Wildman–Crippen LogP) is 3.53. The third-order valence-corrected chi connectivity index (χ3v) is 4.65. The van der Waals surface area contributed by atoms with Gasteiger partial charge in [-0.25, -0.2) is 0 Å². The molecule has 0 spiro atoms. The molecule has 1 aliphatic rings. The van der Waals surface area contributed by atoms with Crippen molar-refractivity contribution in [2.45, 2.75) is 39.4 Å². The van der Waals surface area contributed by atoms with Crippen LogP contribution in [0, 0.1) is 0 Å². The van der Waals surface area contributed by atoms with Crippen LogP contribution in [0.2, 0.25) is 19.6 Å². The number of rotatable bonds is 2. The number of hydrogen-bond acceptors (Lipinski definition) is 0. The highest BCUT2D eigenvalue weighted by Crippen LogP contribution is 2.29. The molecule has 0 fully saturated rings. The van der Waals surface area contributed by atoms with Crippen molar-refractivity contribution in [3.63, 3.8) is 0 Å². The zero-order chi connectivity index (χ0) is 8.48. The molecule has 0 aromatic heterocycles. The summed E-state index contributed by atoms with van der Waals surface area (Å²) in [7, 11) is -0.991. The molecule has 0 aliphatic heterocycles. The molecule has 11 heavy (non-hydrogen) atoms. The molecular formula is C10H18Si. The monoisotopic (exact) mass is 166 g/mol. The minimum absolute atomic E-state index is 0.991. The summed E-state index contributed by atoms with van der Waals surface area (Å²) in [6.07, 6.45) is 7.08. The summed E-state index contributed by atoms with van der Waals surface area (Å²) >= 11 is 0. The summed E-state index contributed by atoms with van der Waals surface area (Å²) in [6, 6.07) is 0. The molecule has 0 aromatic rings. The van der Waals surface area contributed by atoms with E-state index in [1.54, 1.807) is 10.8 Å². The van der Waals surface area contributed by atoms with E-state index in [1.807, 2.05) is 0 Å². The van der Waals surface area contributed by atoms with Crippen LogP contribution in [0.4, 0.5) is 0 Å². The van der Waals surface area contributed by atoms with Gasteiger partial charge in [0.15, 0.2) is 0 Å². The Morgan fingerprint density at radius 2 is 2.00 bits per heavy atom. The van der Waals surface area contributed by atoms with E-state index in [2.05, 4.69) is 38.7 Å². The zero-order valence-corrected chi connectivity index (χ0v) is 9.07. The molecule has 0 saturated heterocycles. The second-order valence-electron chi connectivity index (χ2n) is 4.21. The van der Waals surface area contributed by atoms with Crippen LogP contribution in [0.25, 0.3) is 0 Å². The lowest BCUT2D eigenvalue weighted by Crippen LogP contribution is -2.23. The molecule has 0 unspecified atom stereocenters. The molecule has 1 rings (SSSR count). The van der Waals surface area contributed by atoms with Crippen molar-refractivity contribution in [3.8, 4) is 0 Å². The predicted molar refractivity (Wildman–Crippen MR) is 54.4 cm³/mol. The van der Waals surface area contributed by atoms with Crippen LogP contribution in [-0.4, -0.2) is 8.07 Å². The maximum atomic E-state index is 2.44. The highest BCUT2D eigenvalue weighted by Gasteiger charge is 2.22. The Hall–Kier alpha value is -0.303. The van der Waals surface area contributed by atoms with E-state index in [4.69, 9.17) is 0 Å². The average molecular weight is 166 g/mol. The van der Waals surface area contributed by atoms with Gasteiger partial charge in [-0.15, -0.1) is 0 Å². The Bertz CT molecular complexity index is 203. The van der Waals surface area contributed by atoms with Gasteiger partial charge in [-0.05, 0) is 12.8 Å². The fraction of sp³-hybridized carbons (Fsp3) is 0.600. The topological polar surface area (TPSA) is 0 Å². The summed E-state index contributed by atoms with van der Waals surface area (Å²) in [5, 5.41) is 1.76. The highest BCUT2D eigenvalue weighted by molar-refractivity contribution is 6.83. The van der Waals surface area contributed by atoms with E-state index in [0.29, 0.717) is 0 Å². The van der Waals surface area contributed by atoms with Gasteiger partial charge < -0.3 is 0 Å². The van der Waals surface area contributed by atoms with Gasteiger partial charge >= 0.3 is 0 Å². The molecule has 0 heterocycles. The van der Waals surface area contributed by atoms with Crippen LogP contribution in [0.5, 0.6) is 0 Å². The highest BCUT2D eigenvalue weighted by atomic mass is 28.3. The fourth-order valence-corrected chi connectivity index (χ4v) is 3.62. The zero-order valence-electron chi connectivity index (χ0n) is 8.07. The second-order valence-corrected chi connectivity index (χ2v) is 9.32. The lowest BCUT2D eigenvalue weighted by Gasteiger charge is -2.20. The molecule has 0 amide bonds. The van der Waals surface area contributed by atoms with Crippen molar-refractivity contribution >= 4 is 8.07 Å². The normalized spacial score (nSPS) is 18.2. The number of hydrogen-bond donors (Lipinski definition) is 0. The SMILES string of the molecule is CCC1=C([Si](C)(C)C)CC=C1. The Morgan fingerprint density at radius 3 is 2.36 bits per heavy atom. The van der Waals surface area contributed by atoms with E-state index in [-0.39, 0.29) is 0 Å². The molecule has 1 aliphatic carbocycles. The summed E-state index contributed by atoms with van der Waals surface area (Å²) in [4.78, 5) is 0. The van der Waals surface area contributed by atoms with Crippen LogP contribution in [0.3, 0.4) is 0 Å². The average Bonchev–Trinajstić information content (AvgIpc) is 2.31. The van der Waals surface area contributed by atoms with Crippen LogP contribution in [-0.2, 0) is 0 Å². The van der Waals surface area contributed by atoms with Gasteiger partial charge in [-0.3, -0.25) is 0 Å². The third-order valence-electron chi connectivity index (χ3n) is 2.31. The first-order chi connectivity index (χ1) is 5.05. The van der Waals surface area contributed by atoms with Crippen LogP contribution in [0.1, 0.15) is 19.8 Å². The largest absolute Gasteiger partial charge is 0.0806 e. The third kappa shape index (κ3) is 1.83. The molecule has 0 aromatic carbocycles. The van der Waals surface area contributed by atoms with Gasteiger partial charge in [0, 0.05) is 0 Å². The number of allylic oxidation sites excluding steroid dienone is 4. The Morgan fingerprint density at radius 1 is 1.36 bits per heavy atom. The van der Waals surface area contributed by atoms with Crippen molar-refractivity contribution in [2.24, 2.45) is 0 Å².